The van der Waals surface area contributed by atoms with Crippen molar-refractivity contribution in [3.8, 4) is 0 Å². The number of aliphatic hydroxyl groups excluding tert-OH is 2. The molecule has 0 unspecified atom stereocenters. The monoisotopic (exact) mass is 475 g/mol. The molecule has 0 bridgehead atoms. The molecule has 8 nitrogen and oxygen atoms in total. The minimum atomic E-state index is -0.985. The molecule has 0 fully saturated rings. The van der Waals surface area contributed by atoms with Crippen molar-refractivity contribution in [2.45, 2.75) is 38.5 Å². The molecule has 182 valence electrons. The van der Waals surface area contributed by atoms with Gasteiger partial charge in [-0.2, -0.15) is 0 Å². The quantitative estimate of drug-likeness (QED) is 0.180. The summed E-state index contributed by atoms with van der Waals surface area (Å²) in [7, 11) is 0. The number of aliphatic hydroxyl groups is 2. The highest BCUT2D eigenvalue weighted by atomic mass is 19.1. The Labute approximate surface area is 194 Å². The van der Waals surface area contributed by atoms with Crippen molar-refractivity contribution in [1.82, 2.24) is 9.71 Å². The summed E-state index contributed by atoms with van der Waals surface area (Å²) in [5.41, 5.74) is -0.301. The van der Waals surface area contributed by atoms with Crippen LogP contribution in [0.1, 0.15) is 47.2 Å². The third-order valence-electron chi connectivity index (χ3n) is 5.50. The second kappa shape index (κ2) is 11.7. The third kappa shape index (κ3) is 5.75. The Morgan fingerprint density at radius 2 is 1.85 bits per heavy atom. The lowest BCUT2D eigenvalue weighted by Gasteiger charge is -2.16. The average molecular weight is 475 g/mol. The number of aryl methyl sites for hydroxylation is 2. The Kier molecular flexibility index (Phi) is 8.67. The Morgan fingerprint density at radius 1 is 1.06 bits per heavy atom. The van der Waals surface area contributed by atoms with E-state index in [1.807, 2.05) is 0 Å². The lowest BCUT2D eigenvalue weighted by molar-refractivity contribution is 0.0976. The van der Waals surface area contributed by atoms with E-state index < -0.39 is 23.0 Å². The number of carbonyl (C=O) groups is 1. The molecule has 3 rings (SSSR count). The average Bonchev–Trinajstić information content (AvgIpc) is 2.82. The number of nitrogens with zero attached hydrogens (tertiary/aromatic N) is 2. The summed E-state index contributed by atoms with van der Waals surface area (Å²) in [6.07, 6.45) is 4.12. The zero-order valence-corrected chi connectivity index (χ0v) is 18.6. The molecule has 10 heteroatoms. The predicted molar refractivity (Wildman–Crippen MR) is 122 cm³/mol. The zero-order valence-electron chi connectivity index (χ0n) is 18.6. The van der Waals surface area contributed by atoms with Crippen molar-refractivity contribution in [2.75, 3.05) is 25.1 Å². The van der Waals surface area contributed by atoms with Crippen LogP contribution in [0, 0.1) is 11.6 Å². The van der Waals surface area contributed by atoms with Gasteiger partial charge in [-0.25, -0.2) is 13.8 Å². The molecule has 2 aromatic heterocycles. The number of aromatic nitrogens is 2. The molecule has 0 spiro atoms. The summed E-state index contributed by atoms with van der Waals surface area (Å²) in [6.45, 7) is -0.126. The highest BCUT2D eigenvalue weighted by Crippen LogP contribution is 2.27. The number of anilines is 1. The predicted octanol–water partition coefficient (Wildman–Crippen LogP) is 2.84. The first-order valence-corrected chi connectivity index (χ1v) is 11.1. The molecule has 0 radical (unpaired) electrons. The topological polar surface area (TPSA) is 125 Å². The van der Waals surface area contributed by atoms with Gasteiger partial charge >= 0.3 is 0 Å². The minimum Gasteiger partial charge on any atom is -0.423 e. The number of hydrogen-bond donors (Lipinski definition) is 4. The van der Waals surface area contributed by atoms with E-state index in [1.54, 1.807) is 6.07 Å². The number of hydrogen-bond acceptors (Lipinski definition) is 7. The molecular weight excluding hydrogens is 448 g/mol. The number of benzene rings is 1. The van der Waals surface area contributed by atoms with Gasteiger partial charge in [-0.05, 0) is 48.9 Å². The number of carbonyl (C=O) groups excluding carboxylic acids is 1. The highest BCUT2D eigenvalue weighted by molar-refractivity contribution is 6.07. The maximum absolute atomic E-state index is 14.0. The fourth-order valence-electron chi connectivity index (χ4n) is 3.77. The van der Waals surface area contributed by atoms with Crippen LogP contribution in [-0.4, -0.2) is 50.7 Å². The zero-order chi connectivity index (χ0) is 24.7. The van der Waals surface area contributed by atoms with E-state index in [9.17, 15) is 28.7 Å². The van der Waals surface area contributed by atoms with E-state index >= 15 is 0 Å². The summed E-state index contributed by atoms with van der Waals surface area (Å²) >= 11 is 0. The Balaban J connectivity index is 1.99. The minimum absolute atomic E-state index is 0.0393. The number of pyridine rings is 2. The second-order valence-electron chi connectivity index (χ2n) is 7.93. The van der Waals surface area contributed by atoms with Crippen LogP contribution in [0.25, 0.3) is 11.0 Å². The molecule has 0 saturated heterocycles. The van der Waals surface area contributed by atoms with Crippen molar-refractivity contribution in [2.24, 2.45) is 0 Å². The number of ketones is 1. The molecule has 4 N–H and O–H groups in total. The van der Waals surface area contributed by atoms with Crippen molar-refractivity contribution >= 4 is 22.5 Å². The SMILES string of the molecule is O=C(CCc1ccc(F)cc1F)c1c(NCCO)c2cc(CCCCCO)cnc2n(O)c1=O. The van der Waals surface area contributed by atoms with Crippen molar-refractivity contribution in [3.63, 3.8) is 0 Å². The third-order valence-corrected chi connectivity index (χ3v) is 5.50. The van der Waals surface area contributed by atoms with E-state index in [2.05, 4.69) is 10.3 Å². The van der Waals surface area contributed by atoms with Gasteiger partial charge in [-0.1, -0.05) is 12.5 Å². The summed E-state index contributed by atoms with van der Waals surface area (Å²) < 4.78 is 27.4. The van der Waals surface area contributed by atoms with Gasteiger partial charge in [-0.3, -0.25) is 9.59 Å². The molecular formula is C24H27F2N3O5. The van der Waals surface area contributed by atoms with Gasteiger partial charge in [0.25, 0.3) is 5.56 Å². The van der Waals surface area contributed by atoms with Gasteiger partial charge in [0, 0.05) is 37.2 Å². The highest BCUT2D eigenvalue weighted by Gasteiger charge is 2.23. The number of fused-ring (bicyclic) bond motifs is 1. The molecule has 1 aromatic carbocycles. The van der Waals surface area contributed by atoms with Crippen LogP contribution in [-0.2, 0) is 12.8 Å². The summed E-state index contributed by atoms with van der Waals surface area (Å²) in [6, 6.07) is 4.75. The molecule has 0 aliphatic rings. The van der Waals surface area contributed by atoms with Crippen LogP contribution in [0.15, 0.2) is 35.3 Å². The van der Waals surface area contributed by atoms with Gasteiger partial charge in [0.15, 0.2) is 11.4 Å². The van der Waals surface area contributed by atoms with Gasteiger partial charge in [-0.15, -0.1) is 4.73 Å². The molecule has 34 heavy (non-hydrogen) atoms. The molecule has 0 atom stereocenters. The van der Waals surface area contributed by atoms with E-state index in [0.717, 1.165) is 30.5 Å². The Bertz CT molecular complexity index is 1230. The first-order valence-electron chi connectivity index (χ1n) is 11.1. The number of nitrogens with one attached hydrogen (secondary N) is 1. The molecule has 3 aromatic rings. The first kappa shape index (κ1) is 25.3. The fraction of sp³-hybridized carbons (Fsp3) is 0.375. The smallest absolute Gasteiger partial charge is 0.297 e. The lowest BCUT2D eigenvalue weighted by Crippen LogP contribution is -2.29. The summed E-state index contributed by atoms with van der Waals surface area (Å²) in [4.78, 5) is 30.1. The number of unbranched alkanes of at least 4 members (excludes halogenated alkanes) is 2. The van der Waals surface area contributed by atoms with Crippen LogP contribution >= 0.6 is 0 Å². The molecule has 2 heterocycles. The van der Waals surface area contributed by atoms with Crippen LogP contribution in [0.4, 0.5) is 14.5 Å². The normalized spacial score (nSPS) is 11.2. The van der Waals surface area contributed by atoms with Crippen LogP contribution in [0.2, 0.25) is 0 Å². The van der Waals surface area contributed by atoms with E-state index in [0.29, 0.717) is 23.0 Å². The standard InChI is InChI=1S/C24H27F2N3O5/c25-17-7-5-16(19(26)13-17)6-8-20(32)21-22(27-9-11-31)18-12-15(4-2-1-3-10-30)14-28-23(18)29(34)24(21)33/h5,7,12-14,27,30-31,34H,1-4,6,8-11H2. The largest absolute Gasteiger partial charge is 0.423 e. The van der Waals surface area contributed by atoms with Crippen molar-refractivity contribution in [3.05, 3.63) is 69.1 Å². The van der Waals surface area contributed by atoms with Crippen LogP contribution < -0.4 is 10.9 Å². The van der Waals surface area contributed by atoms with Gasteiger partial charge in [0.1, 0.15) is 17.2 Å². The van der Waals surface area contributed by atoms with Gasteiger partial charge < -0.3 is 20.7 Å². The summed E-state index contributed by atoms with van der Waals surface area (Å²) in [5.74, 6) is -2.17. The fourth-order valence-corrected chi connectivity index (χ4v) is 3.77. The summed E-state index contributed by atoms with van der Waals surface area (Å²) in [5, 5.41) is 31.9. The number of rotatable bonds is 12. The second-order valence-corrected chi connectivity index (χ2v) is 7.93. The van der Waals surface area contributed by atoms with Gasteiger partial charge in [0.2, 0.25) is 0 Å². The Morgan fingerprint density at radius 3 is 2.56 bits per heavy atom. The maximum atomic E-state index is 14.0. The van der Waals surface area contributed by atoms with Crippen LogP contribution in [0.5, 0.6) is 0 Å². The van der Waals surface area contributed by atoms with E-state index in [1.165, 1.54) is 12.3 Å². The van der Waals surface area contributed by atoms with E-state index in [-0.39, 0.29) is 55.1 Å². The number of halogens is 2. The van der Waals surface area contributed by atoms with Crippen LogP contribution in [0.3, 0.4) is 0 Å². The molecule has 0 aliphatic carbocycles. The lowest BCUT2D eigenvalue weighted by atomic mass is 9.99. The van der Waals surface area contributed by atoms with Gasteiger partial charge in [0.05, 0.1) is 12.3 Å². The van der Waals surface area contributed by atoms with E-state index in [4.69, 9.17) is 5.11 Å². The maximum Gasteiger partial charge on any atom is 0.297 e. The molecule has 0 aliphatic heterocycles. The number of Topliss-reactive ketones (excluding diaryl/α,β-unsaturated/α-hetero) is 1. The molecule has 0 amide bonds. The van der Waals surface area contributed by atoms with Crippen molar-refractivity contribution in [1.29, 1.82) is 0 Å². The first-order chi connectivity index (χ1) is 16.4. The van der Waals surface area contributed by atoms with Crippen molar-refractivity contribution < 1.29 is 29.0 Å². The Hall–Kier alpha value is -3.37. The molecule has 0 saturated carbocycles.